The summed E-state index contributed by atoms with van der Waals surface area (Å²) in [6.45, 7) is 16.4. The Balaban J connectivity index is 0.000000181. The van der Waals surface area contributed by atoms with Crippen molar-refractivity contribution in [1.29, 1.82) is 0 Å². The van der Waals surface area contributed by atoms with Gasteiger partial charge in [-0.05, 0) is 142 Å². The van der Waals surface area contributed by atoms with Crippen LogP contribution in [0.4, 0.5) is 0 Å². The molecule has 0 spiro atoms. The lowest BCUT2D eigenvalue weighted by Gasteiger charge is -2.12. The summed E-state index contributed by atoms with van der Waals surface area (Å²) in [4.78, 5) is 28.1. The lowest BCUT2D eigenvalue weighted by molar-refractivity contribution is 0.450. The topological polar surface area (TPSA) is 158 Å². The maximum atomic E-state index is 10.4. The molecule has 6 aromatic carbocycles. The van der Waals surface area contributed by atoms with Crippen molar-refractivity contribution in [3.8, 4) is 91.3 Å². The molecular formula is C50H46N6O4. The molecule has 0 aliphatic rings. The minimum Gasteiger partial charge on any atom is -0.508 e. The van der Waals surface area contributed by atoms with Gasteiger partial charge in [0.1, 0.15) is 23.0 Å². The van der Waals surface area contributed by atoms with E-state index in [9.17, 15) is 20.4 Å². The Labute approximate surface area is 349 Å². The van der Waals surface area contributed by atoms with Gasteiger partial charge in [-0.25, -0.2) is 29.9 Å². The van der Waals surface area contributed by atoms with Crippen molar-refractivity contribution in [3.63, 3.8) is 0 Å². The van der Waals surface area contributed by atoms with E-state index >= 15 is 0 Å². The van der Waals surface area contributed by atoms with Crippen molar-refractivity contribution in [2.75, 3.05) is 0 Å². The number of hydrogen-bond donors (Lipinski definition) is 4. The molecule has 60 heavy (non-hydrogen) atoms. The second-order valence-electron chi connectivity index (χ2n) is 15.2. The Kier molecular flexibility index (Phi) is 11.4. The van der Waals surface area contributed by atoms with Crippen LogP contribution in [0.3, 0.4) is 0 Å². The molecule has 0 radical (unpaired) electrons. The van der Waals surface area contributed by atoms with Crippen molar-refractivity contribution in [2.24, 2.45) is 0 Å². The van der Waals surface area contributed by atoms with Crippen molar-refractivity contribution < 1.29 is 20.4 Å². The second-order valence-corrected chi connectivity index (χ2v) is 15.2. The summed E-state index contributed by atoms with van der Waals surface area (Å²) in [5.74, 6) is 2.64. The van der Waals surface area contributed by atoms with Gasteiger partial charge < -0.3 is 20.4 Å². The number of aryl methyl sites for hydroxylation is 7. The third-order valence-corrected chi connectivity index (χ3v) is 10.9. The summed E-state index contributed by atoms with van der Waals surface area (Å²) in [5.41, 5.74) is 13.7. The number of phenolic OH excluding ortho intramolecular Hbond substituents is 4. The molecule has 8 rings (SSSR count). The molecule has 0 aliphatic heterocycles. The van der Waals surface area contributed by atoms with Crippen LogP contribution in [-0.4, -0.2) is 50.3 Å². The van der Waals surface area contributed by atoms with E-state index in [0.29, 0.717) is 46.1 Å². The van der Waals surface area contributed by atoms with Crippen LogP contribution >= 0.6 is 0 Å². The number of nitrogens with zero attached hydrogens (tertiary/aromatic N) is 6. The van der Waals surface area contributed by atoms with Gasteiger partial charge in [-0.2, -0.15) is 0 Å². The van der Waals surface area contributed by atoms with Gasteiger partial charge in [0.15, 0.2) is 34.9 Å². The van der Waals surface area contributed by atoms with Crippen molar-refractivity contribution in [1.82, 2.24) is 29.9 Å². The standard InChI is InChI=1S/2C25H23N3O2/c1-14-5-7-18(11-16(14)3)23-26-24(19-8-6-15(2)17(4)12-19)28-25(27-23)21-10-9-20(29)13-22(21)30;1-14-8-9-18(12-16(14)3)23-26-24(20-7-5-6-15(2)17(20)4)28-25(27-23)21-11-10-19(29)13-22(21)30/h2*5-13,29-30H,1-4H3. The normalized spacial score (nSPS) is 10.9. The molecule has 0 unspecified atom stereocenters. The Bertz CT molecular complexity index is 2860. The van der Waals surface area contributed by atoms with Crippen LogP contribution in [0.15, 0.2) is 109 Å². The van der Waals surface area contributed by atoms with Crippen LogP contribution in [0.5, 0.6) is 23.0 Å². The molecule has 0 amide bonds. The Morgan fingerprint density at radius 2 is 0.650 bits per heavy atom. The van der Waals surface area contributed by atoms with Gasteiger partial charge >= 0.3 is 0 Å². The van der Waals surface area contributed by atoms with Crippen molar-refractivity contribution in [2.45, 2.75) is 55.4 Å². The summed E-state index contributed by atoms with van der Waals surface area (Å²) in [5, 5.41) is 40.1. The SMILES string of the molecule is Cc1ccc(-c2nc(-c3ccc(C)c(C)c3)nc(-c3ccc(O)cc3O)n2)cc1C.Cc1ccc(-c2nc(-c3ccc(O)cc3O)nc(-c3cccc(C)c3C)n2)cc1C. The second kappa shape index (κ2) is 16.8. The highest BCUT2D eigenvalue weighted by atomic mass is 16.3. The van der Waals surface area contributed by atoms with Crippen LogP contribution in [0.1, 0.15) is 44.5 Å². The number of aromatic nitrogens is 6. The summed E-state index contributed by atoms with van der Waals surface area (Å²) in [6, 6.07) is 33.1. The van der Waals surface area contributed by atoms with Crippen LogP contribution in [0, 0.1) is 55.4 Å². The third-order valence-electron chi connectivity index (χ3n) is 10.9. The van der Waals surface area contributed by atoms with Crippen LogP contribution in [0.2, 0.25) is 0 Å². The molecule has 300 valence electrons. The lowest BCUT2D eigenvalue weighted by atomic mass is 10.0. The highest BCUT2D eigenvalue weighted by Crippen LogP contribution is 2.35. The van der Waals surface area contributed by atoms with Crippen LogP contribution < -0.4 is 0 Å². The highest BCUT2D eigenvalue weighted by Gasteiger charge is 2.18. The molecule has 8 aromatic rings. The van der Waals surface area contributed by atoms with Gasteiger partial charge in [0.2, 0.25) is 0 Å². The smallest absolute Gasteiger partial charge is 0.167 e. The summed E-state index contributed by atoms with van der Waals surface area (Å²) < 4.78 is 0. The number of phenols is 4. The average molecular weight is 795 g/mol. The van der Waals surface area contributed by atoms with E-state index in [1.54, 1.807) is 12.1 Å². The highest BCUT2D eigenvalue weighted by molar-refractivity contribution is 5.73. The van der Waals surface area contributed by atoms with Gasteiger partial charge in [0.05, 0.1) is 11.1 Å². The van der Waals surface area contributed by atoms with Crippen LogP contribution in [0.25, 0.3) is 68.3 Å². The van der Waals surface area contributed by atoms with Crippen molar-refractivity contribution in [3.05, 3.63) is 154 Å². The summed E-state index contributed by atoms with van der Waals surface area (Å²) in [7, 11) is 0. The molecule has 4 N–H and O–H groups in total. The average Bonchev–Trinajstić information content (AvgIpc) is 3.22. The fraction of sp³-hybridized carbons (Fsp3) is 0.160. The molecular weight excluding hydrogens is 749 g/mol. The molecule has 0 aliphatic carbocycles. The van der Waals surface area contributed by atoms with Gasteiger partial charge in [-0.3, -0.25) is 0 Å². The maximum Gasteiger partial charge on any atom is 0.167 e. The van der Waals surface area contributed by atoms with E-state index in [1.807, 2.05) is 55.5 Å². The molecule has 0 saturated heterocycles. The zero-order valence-electron chi connectivity index (χ0n) is 34.9. The Morgan fingerprint density at radius 3 is 1.02 bits per heavy atom. The first-order chi connectivity index (χ1) is 28.6. The molecule has 0 saturated carbocycles. The van der Waals surface area contributed by atoms with Gasteiger partial charge in [0.25, 0.3) is 0 Å². The number of aromatic hydroxyl groups is 4. The van der Waals surface area contributed by atoms with E-state index in [4.69, 9.17) is 9.97 Å². The number of hydrogen-bond acceptors (Lipinski definition) is 10. The Morgan fingerprint density at radius 1 is 0.300 bits per heavy atom. The number of rotatable bonds is 6. The predicted molar refractivity (Wildman–Crippen MR) is 237 cm³/mol. The molecule has 0 bridgehead atoms. The summed E-state index contributed by atoms with van der Waals surface area (Å²) >= 11 is 0. The van der Waals surface area contributed by atoms with Crippen LogP contribution in [-0.2, 0) is 0 Å². The molecule has 10 nitrogen and oxygen atoms in total. The van der Waals surface area contributed by atoms with Gasteiger partial charge in [0, 0.05) is 34.4 Å². The van der Waals surface area contributed by atoms with E-state index in [1.165, 1.54) is 41.0 Å². The summed E-state index contributed by atoms with van der Waals surface area (Å²) in [6.07, 6.45) is 0. The Hall–Kier alpha value is -7.46. The first-order valence-electron chi connectivity index (χ1n) is 19.5. The predicted octanol–water partition coefficient (Wildman–Crippen LogP) is 11.0. The minimum absolute atomic E-state index is 0.0190. The molecule has 0 atom stereocenters. The van der Waals surface area contributed by atoms with E-state index in [0.717, 1.165) is 50.1 Å². The first-order valence-corrected chi connectivity index (χ1v) is 19.5. The molecule has 2 aromatic heterocycles. The zero-order valence-corrected chi connectivity index (χ0v) is 34.9. The molecule has 10 heteroatoms. The minimum atomic E-state index is -0.0849. The van der Waals surface area contributed by atoms with E-state index < -0.39 is 0 Å². The molecule has 0 fully saturated rings. The third kappa shape index (κ3) is 8.68. The lowest BCUT2D eigenvalue weighted by Crippen LogP contribution is -2.02. The maximum absolute atomic E-state index is 10.4. The monoisotopic (exact) mass is 794 g/mol. The zero-order chi connectivity index (χ0) is 42.8. The number of benzene rings is 6. The van der Waals surface area contributed by atoms with E-state index in [2.05, 4.69) is 92.7 Å². The van der Waals surface area contributed by atoms with Gasteiger partial charge in [-0.1, -0.05) is 54.6 Å². The fourth-order valence-corrected chi connectivity index (χ4v) is 6.55. The fourth-order valence-electron chi connectivity index (χ4n) is 6.55. The van der Waals surface area contributed by atoms with E-state index in [-0.39, 0.29) is 23.0 Å². The van der Waals surface area contributed by atoms with Gasteiger partial charge in [-0.15, -0.1) is 0 Å². The largest absolute Gasteiger partial charge is 0.508 e. The van der Waals surface area contributed by atoms with Crippen molar-refractivity contribution >= 4 is 0 Å². The quantitative estimate of drug-likeness (QED) is 0.128. The first kappa shape index (κ1) is 40.7. The molecule has 2 heterocycles.